The molecule has 1 N–H and O–H groups in total. The number of benzene rings is 2. The van der Waals surface area contributed by atoms with Gasteiger partial charge in [-0.15, -0.1) is 0 Å². The van der Waals surface area contributed by atoms with E-state index in [1.807, 2.05) is 0 Å². The molecule has 0 radical (unpaired) electrons. The van der Waals surface area contributed by atoms with Gasteiger partial charge in [0.2, 0.25) is 0 Å². The summed E-state index contributed by atoms with van der Waals surface area (Å²) in [5.41, 5.74) is 0.546. The molecule has 3 nitrogen and oxygen atoms in total. The number of hydrogen-bond donors (Lipinski definition) is 1. The zero-order valence-electron chi connectivity index (χ0n) is 11.4. The molecule has 0 aliphatic carbocycles. The first kappa shape index (κ1) is 16.1. The zero-order chi connectivity index (χ0) is 15.6. The summed E-state index contributed by atoms with van der Waals surface area (Å²) in [5, 5.41) is 10.4. The zero-order valence-corrected chi connectivity index (χ0v) is 13.7. The highest BCUT2D eigenvalue weighted by molar-refractivity contribution is 9.10. The Balaban J connectivity index is 2.53. The van der Waals surface area contributed by atoms with Gasteiger partial charge in [0.15, 0.2) is 11.5 Å². The average molecular weight is 376 g/mol. The smallest absolute Gasteiger partial charge is 0.161 e. The van der Waals surface area contributed by atoms with Crippen molar-refractivity contribution in [1.29, 1.82) is 0 Å². The third-order valence-corrected chi connectivity index (χ3v) is 4.05. The maximum atomic E-state index is 14.0. The summed E-state index contributed by atoms with van der Waals surface area (Å²) in [6.07, 6.45) is -1.18. The number of ether oxygens (including phenoxy) is 2. The molecule has 6 heteroatoms. The Labute approximate surface area is 135 Å². The maximum Gasteiger partial charge on any atom is 0.161 e. The van der Waals surface area contributed by atoms with Gasteiger partial charge in [-0.3, -0.25) is 0 Å². The minimum Gasteiger partial charge on any atom is -0.493 e. The van der Waals surface area contributed by atoms with Crippen molar-refractivity contribution in [2.75, 3.05) is 14.2 Å². The van der Waals surface area contributed by atoms with Crippen LogP contribution in [0.4, 0.5) is 4.39 Å². The number of aliphatic hydroxyl groups excluding tert-OH is 1. The molecular formula is C15H13BrClFO3. The van der Waals surface area contributed by atoms with Crippen molar-refractivity contribution in [2.24, 2.45) is 0 Å². The van der Waals surface area contributed by atoms with Gasteiger partial charge < -0.3 is 14.6 Å². The first-order chi connectivity index (χ1) is 9.99. The molecule has 0 aliphatic heterocycles. The van der Waals surface area contributed by atoms with E-state index in [1.54, 1.807) is 18.2 Å². The van der Waals surface area contributed by atoms with Gasteiger partial charge in [-0.1, -0.05) is 39.7 Å². The van der Waals surface area contributed by atoms with Crippen LogP contribution in [0.5, 0.6) is 11.5 Å². The molecule has 2 rings (SSSR count). The van der Waals surface area contributed by atoms with E-state index in [2.05, 4.69) is 15.9 Å². The van der Waals surface area contributed by atoms with Crippen molar-refractivity contribution in [3.63, 3.8) is 0 Å². The van der Waals surface area contributed by atoms with Crippen LogP contribution < -0.4 is 9.47 Å². The van der Waals surface area contributed by atoms with Crippen molar-refractivity contribution in [1.82, 2.24) is 0 Å². The molecule has 2 aromatic rings. The number of aliphatic hydroxyl groups is 1. The summed E-state index contributed by atoms with van der Waals surface area (Å²) in [4.78, 5) is 0. The Morgan fingerprint density at radius 2 is 1.76 bits per heavy atom. The molecule has 0 saturated heterocycles. The van der Waals surface area contributed by atoms with Crippen molar-refractivity contribution >= 4 is 27.5 Å². The van der Waals surface area contributed by atoms with E-state index in [0.717, 1.165) is 0 Å². The lowest BCUT2D eigenvalue weighted by molar-refractivity contribution is 0.213. The number of halogens is 3. The quantitative estimate of drug-likeness (QED) is 0.864. The Morgan fingerprint density at radius 3 is 2.38 bits per heavy atom. The monoisotopic (exact) mass is 374 g/mol. The van der Waals surface area contributed by atoms with Gasteiger partial charge in [0.1, 0.15) is 11.9 Å². The van der Waals surface area contributed by atoms with Gasteiger partial charge in [0.05, 0.1) is 19.2 Å². The van der Waals surface area contributed by atoms with Gasteiger partial charge in [-0.25, -0.2) is 4.39 Å². The highest BCUT2D eigenvalue weighted by atomic mass is 79.9. The largest absolute Gasteiger partial charge is 0.493 e. The Kier molecular flexibility index (Phi) is 5.08. The number of rotatable bonds is 4. The fraction of sp³-hybridized carbons (Fsp3) is 0.200. The van der Waals surface area contributed by atoms with Crippen LogP contribution in [0.3, 0.4) is 0 Å². The van der Waals surface area contributed by atoms with Gasteiger partial charge in [-0.2, -0.15) is 0 Å². The van der Waals surface area contributed by atoms with E-state index in [-0.39, 0.29) is 10.6 Å². The topological polar surface area (TPSA) is 38.7 Å². The van der Waals surface area contributed by atoms with E-state index in [9.17, 15) is 9.50 Å². The van der Waals surface area contributed by atoms with Crippen molar-refractivity contribution in [2.45, 2.75) is 6.10 Å². The van der Waals surface area contributed by atoms with Crippen LogP contribution in [-0.2, 0) is 0 Å². The van der Waals surface area contributed by atoms with Crippen LogP contribution in [0.15, 0.2) is 34.8 Å². The molecule has 0 aromatic heterocycles. The lowest BCUT2D eigenvalue weighted by atomic mass is 10.0. The van der Waals surface area contributed by atoms with Crippen molar-refractivity contribution in [3.8, 4) is 11.5 Å². The van der Waals surface area contributed by atoms with E-state index in [4.69, 9.17) is 21.1 Å². The van der Waals surface area contributed by atoms with Crippen LogP contribution in [-0.4, -0.2) is 19.3 Å². The SMILES string of the molecule is COc1cc(Br)c(C(O)c2cccc(Cl)c2F)cc1OC. The lowest BCUT2D eigenvalue weighted by Gasteiger charge is -2.17. The first-order valence-electron chi connectivity index (χ1n) is 6.03. The predicted octanol–water partition coefficient (Wildman–Crippen LogP) is 4.34. The van der Waals surface area contributed by atoms with Gasteiger partial charge in [0.25, 0.3) is 0 Å². The molecule has 0 fully saturated rings. The standard InChI is InChI=1S/C15H13BrClFO3/c1-20-12-6-9(10(16)7-13(12)21-2)15(19)8-4-3-5-11(17)14(8)18/h3-7,15,19H,1-2H3. The fourth-order valence-electron chi connectivity index (χ4n) is 1.98. The number of hydrogen-bond acceptors (Lipinski definition) is 3. The van der Waals surface area contributed by atoms with Crippen molar-refractivity contribution in [3.05, 3.63) is 56.8 Å². The van der Waals surface area contributed by atoms with E-state index in [0.29, 0.717) is 21.5 Å². The molecule has 112 valence electrons. The summed E-state index contributed by atoms with van der Waals surface area (Å²) in [6, 6.07) is 7.73. The first-order valence-corrected chi connectivity index (χ1v) is 7.20. The Morgan fingerprint density at radius 1 is 1.14 bits per heavy atom. The van der Waals surface area contributed by atoms with Gasteiger partial charge >= 0.3 is 0 Å². The van der Waals surface area contributed by atoms with Crippen LogP contribution in [0.1, 0.15) is 17.2 Å². The molecule has 0 bridgehead atoms. The van der Waals surface area contributed by atoms with Gasteiger partial charge in [-0.05, 0) is 18.2 Å². The van der Waals surface area contributed by atoms with Gasteiger partial charge in [0, 0.05) is 15.6 Å². The molecule has 0 saturated carbocycles. The second kappa shape index (κ2) is 6.64. The molecule has 0 amide bonds. The van der Waals surface area contributed by atoms with Crippen molar-refractivity contribution < 1.29 is 19.0 Å². The fourth-order valence-corrected chi connectivity index (χ4v) is 2.70. The summed E-state index contributed by atoms with van der Waals surface area (Å²) in [6.45, 7) is 0. The summed E-state index contributed by atoms with van der Waals surface area (Å²) in [5.74, 6) is 0.303. The lowest BCUT2D eigenvalue weighted by Crippen LogP contribution is -2.05. The minimum atomic E-state index is -1.18. The molecule has 0 spiro atoms. The summed E-state index contributed by atoms with van der Waals surface area (Å²) < 4.78 is 25.0. The van der Waals surface area contributed by atoms with Crippen LogP contribution in [0, 0.1) is 5.82 Å². The third-order valence-electron chi connectivity index (χ3n) is 3.07. The molecule has 0 heterocycles. The predicted molar refractivity (Wildman–Crippen MR) is 82.7 cm³/mol. The van der Waals surface area contributed by atoms with Crippen LogP contribution >= 0.6 is 27.5 Å². The summed E-state index contributed by atoms with van der Waals surface area (Å²) >= 11 is 9.09. The molecule has 21 heavy (non-hydrogen) atoms. The second-order valence-electron chi connectivity index (χ2n) is 4.27. The molecular weight excluding hydrogens is 363 g/mol. The minimum absolute atomic E-state index is 0.0388. The summed E-state index contributed by atoms with van der Waals surface area (Å²) in [7, 11) is 3.00. The average Bonchev–Trinajstić information content (AvgIpc) is 2.49. The van der Waals surface area contributed by atoms with E-state index < -0.39 is 11.9 Å². The van der Waals surface area contributed by atoms with Crippen LogP contribution in [0.2, 0.25) is 5.02 Å². The second-order valence-corrected chi connectivity index (χ2v) is 5.54. The molecule has 1 unspecified atom stereocenters. The van der Waals surface area contributed by atoms with E-state index >= 15 is 0 Å². The highest BCUT2D eigenvalue weighted by Gasteiger charge is 2.21. The number of methoxy groups -OCH3 is 2. The normalized spacial score (nSPS) is 12.1. The maximum absolute atomic E-state index is 14.0. The molecule has 1 atom stereocenters. The highest BCUT2D eigenvalue weighted by Crippen LogP contribution is 2.38. The van der Waals surface area contributed by atoms with Crippen LogP contribution in [0.25, 0.3) is 0 Å². The molecule has 0 aliphatic rings. The van der Waals surface area contributed by atoms with E-state index in [1.165, 1.54) is 26.4 Å². The Bertz CT molecular complexity index is 664. The Hall–Kier alpha value is -1.30. The molecule has 2 aromatic carbocycles. The third kappa shape index (κ3) is 3.15.